The minimum atomic E-state index is -3.98. The third-order valence-electron chi connectivity index (χ3n) is 4.07. The summed E-state index contributed by atoms with van der Waals surface area (Å²) in [6.07, 6.45) is 2.50. The van der Waals surface area contributed by atoms with Gasteiger partial charge in [-0.05, 0) is 38.3 Å². The van der Waals surface area contributed by atoms with Gasteiger partial charge in [-0.2, -0.15) is 4.31 Å². The molecule has 1 aliphatic heterocycles. The number of hydrogen-bond acceptors (Lipinski definition) is 6. The zero-order valence-electron chi connectivity index (χ0n) is 13.8. The van der Waals surface area contributed by atoms with Crippen molar-refractivity contribution in [3.05, 3.63) is 34.4 Å². The summed E-state index contributed by atoms with van der Waals surface area (Å²) in [7, 11) is -3.98. The minimum absolute atomic E-state index is 0.176. The molecule has 3 N–H and O–H groups in total. The Hall–Kier alpha value is -2.04. The molecule has 138 valence electrons. The molecule has 1 aromatic carbocycles. The maximum Gasteiger partial charge on any atom is 0.270 e. The monoisotopic (exact) mass is 370 g/mol. The van der Waals surface area contributed by atoms with Crippen LogP contribution in [0.1, 0.15) is 25.7 Å². The SMILES string of the molecule is NCCCCNC(=O)C1CCCN1S(=O)(=O)c1cccc([N+](=O)[O-])c1. The summed E-state index contributed by atoms with van der Waals surface area (Å²) in [6, 6.07) is 4.08. The molecular weight excluding hydrogens is 348 g/mol. The molecule has 1 amide bonds. The highest BCUT2D eigenvalue weighted by atomic mass is 32.2. The molecule has 1 aliphatic rings. The zero-order chi connectivity index (χ0) is 18.4. The Kier molecular flexibility index (Phi) is 6.45. The first-order valence-electron chi connectivity index (χ1n) is 8.12. The van der Waals surface area contributed by atoms with Crippen molar-refractivity contribution in [2.75, 3.05) is 19.6 Å². The van der Waals surface area contributed by atoms with E-state index in [-0.39, 0.29) is 23.0 Å². The van der Waals surface area contributed by atoms with Crippen LogP contribution in [0.4, 0.5) is 5.69 Å². The Balaban J connectivity index is 2.16. The fourth-order valence-corrected chi connectivity index (χ4v) is 4.48. The number of rotatable bonds is 8. The summed E-state index contributed by atoms with van der Waals surface area (Å²) in [6.45, 7) is 1.19. The molecular formula is C15H22N4O5S. The summed E-state index contributed by atoms with van der Waals surface area (Å²) < 4.78 is 26.7. The van der Waals surface area contributed by atoms with Crippen LogP contribution in [0.25, 0.3) is 0 Å². The molecule has 1 saturated heterocycles. The van der Waals surface area contributed by atoms with Gasteiger partial charge in [-0.3, -0.25) is 14.9 Å². The molecule has 1 atom stereocenters. The second-order valence-electron chi connectivity index (χ2n) is 5.82. The van der Waals surface area contributed by atoms with Crippen LogP contribution >= 0.6 is 0 Å². The number of carbonyl (C=O) groups is 1. The molecule has 0 aliphatic carbocycles. The van der Waals surface area contributed by atoms with Crippen LogP contribution in [0.5, 0.6) is 0 Å². The third kappa shape index (κ3) is 4.53. The fraction of sp³-hybridized carbons (Fsp3) is 0.533. The van der Waals surface area contributed by atoms with Gasteiger partial charge in [-0.1, -0.05) is 6.07 Å². The Bertz CT molecular complexity index is 737. The summed E-state index contributed by atoms with van der Waals surface area (Å²) in [4.78, 5) is 22.4. The number of unbranched alkanes of at least 4 members (excludes halogenated alkanes) is 1. The number of nitrogens with zero attached hydrogens (tertiary/aromatic N) is 2. The molecule has 10 heteroatoms. The highest BCUT2D eigenvalue weighted by molar-refractivity contribution is 7.89. The van der Waals surface area contributed by atoms with Crippen LogP contribution in [-0.4, -0.2) is 49.2 Å². The molecule has 0 bridgehead atoms. The first-order valence-corrected chi connectivity index (χ1v) is 9.56. The lowest BCUT2D eigenvalue weighted by atomic mass is 10.2. The van der Waals surface area contributed by atoms with Crippen LogP contribution in [0.3, 0.4) is 0 Å². The quantitative estimate of drug-likeness (QED) is 0.391. The van der Waals surface area contributed by atoms with Gasteiger partial charge in [0.15, 0.2) is 0 Å². The van der Waals surface area contributed by atoms with E-state index in [0.29, 0.717) is 25.9 Å². The molecule has 9 nitrogen and oxygen atoms in total. The minimum Gasteiger partial charge on any atom is -0.355 e. The van der Waals surface area contributed by atoms with Crippen LogP contribution in [0.15, 0.2) is 29.2 Å². The molecule has 1 heterocycles. The molecule has 0 aromatic heterocycles. The predicted octanol–water partition coefficient (Wildman–Crippen LogP) is 0.603. The van der Waals surface area contributed by atoms with Crippen molar-refractivity contribution in [3.63, 3.8) is 0 Å². The van der Waals surface area contributed by atoms with Gasteiger partial charge >= 0.3 is 0 Å². The lowest BCUT2D eigenvalue weighted by Crippen LogP contribution is -2.46. The highest BCUT2D eigenvalue weighted by Crippen LogP contribution is 2.28. The van der Waals surface area contributed by atoms with E-state index in [2.05, 4.69) is 5.32 Å². The molecule has 1 fully saturated rings. The molecule has 0 spiro atoms. The first kappa shape index (κ1) is 19.3. The molecule has 0 saturated carbocycles. The largest absolute Gasteiger partial charge is 0.355 e. The van der Waals surface area contributed by atoms with E-state index in [9.17, 15) is 23.3 Å². The smallest absolute Gasteiger partial charge is 0.270 e. The number of nitrogens with two attached hydrogens (primary N) is 1. The van der Waals surface area contributed by atoms with E-state index in [1.165, 1.54) is 18.2 Å². The van der Waals surface area contributed by atoms with Crippen LogP contribution in [-0.2, 0) is 14.8 Å². The van der Waals surface area contributed by atoms with Gasteiger partial charge in [-0.15, -0.1) is 0 Å². The Morgan fingerprint density at radius 2 is 2.16 bits per heavy atom. The number of non-ortho nitro benzene ring substituents is 1. The van der Waals surface area contributed by atoms with Crippen molar-refractivity contribution in [2.24, 2.45) is 5.73 Å². The van der Waals surface area contributed by atoms with Crippen molar-refractivity contribution >= 4 is 21.6 Å². The number of amides is 1. The van der Waals surface area contributed by atoms with Crippen molar-refractivity contribution in [3.8, 4) is 0 Å². The Morgan fingerprint density at radius 3 is 2.84 bits per heavy atom. The Morgan fingerprint density at radius 1 is 1.40 bits per heavy atom. The zero-order valence-corrected chi connectivity index (χ0v) is 14.6. The summed E-state index contributed by atoms with van der Waals surface area (Å²) >= 11 is 0. The van der Waals surface area contributed by atoms with Crippen molar-refractivity contribution in [1.29, 1.82) is 0 Å². The summed E-state index contributed by atoms with van der Waals surface area (Å²) in [5.41, 5.74) is 5.09. The van der Waals surface area contributed by atoms with Crippen molar-refractivity contribution < 1.29 is 18.1 Å². The average Bonchev–Trinajstić information content (AvgIpc) is 3.09. The standard InChI is InChI=1S/C15H22N4O5S/c16-8-1-2-9-17-15(20)14-7-4-10-18(14)25(23,24)13-6-3-5-12(11-13)19(21)22/h3,5-6,11,14H,1-2,4,7-10,16H2,(H,17,20). The maximum absolute atomic E-state index is 12.8. The summed E-state index contributed by atoms with van der Waals surface area (Å²) in [5.74, 6) is -0.344. The van der Waals surface area contributed by atoms with Gasteiger partial charge in [0.1, 0.15) is 6.04 Å². The van der Waals surface area contributed by atoms with Crippen LogP contribution < -0.4 is 11.1 Å². The predicted molar refractivity (Wildman–Crippen MR) is 91.3 cm³/mol. The number of sulfonamides is 1. The van der Waals surface area contributed by atoms with Gasteiger partial charge in [0.2, 0.25) is 15.9 Å². The van der Waals surface area contributed by atoms with Gasteiger partial charge in [-0.25, -0.2) is 8.42 Å². The van der Waals surface area contributed by atoms with E-state index in [0.717, 1.165) is 23.2 Å². The van der Waals surface area contributed by atoms with E-state index >= 15 is 0 Å². The lowest BCUT2D eigenvalue weighted by molar-refractivity contribution is -0.385. The number of hydrogen-bond donors (Lipinski definition) is 2. The van der Waals surface area contributed by atoms with Gasteiger partial charge < -0.3 is 11.1 Å². The summed E-state index contributed by atoms with van der Waals surface area (Å²) in [5, 5.41) is 13.6. The van der Waals surface area contributed by atoms with Crippen molar-refractivity contribution in [2.45, 2.75) is 36.6 Å². The van der Waals surface area contributed by atoms with E-state index in [1.54, 1.807) is 0 Å². The first-order chi connectivity index (χ1) is 11.9. The van der Waals surface area contributed by atoms with Gasteiger partial charge in [0.05, 0.1) is 9.82 Å². The molecule has 1 aromatic rings. The number of nitro benzene ring substituents is 1. The van der Waals surface area contributed by atoms with Gasteiger partial charge in [0.25, 0.3) is 5.69 Å². The highest BCUT2D eigenvalue weighted by Gasteiger charge is 2.39. The second kappa shape index (κ2) is 8.37. The molecule has 1 unspecified atom stereocenters. The topological polar surface area (TPSA) is 136 Å². The molecule has 2 rings (SSSR count). The van der Waals surface area contributed by atoms with Gasteiger partial charge in [0, 0.05) is 25.2 Å². The number of nitrogens with one attached hydrogen (secondary N) is 1. The van der Waals surface area contributed by atoms with E-state index < -0.39 is 21.0 Å². The lowest BCUT2D eigenvalue weighted by Gasteiger charge is -2.23. The van der Waals surface area contributed by atoms with Crippen molar-refractivity contribution in [1.82, 2.24) is 9.62 Å². The number of benzene rings is 1. The Labute approximate surface area is 146 Å². The molecule has 25 heavy (non-hydrogen) atoms. The number of nitro groups is 1. The van der Waals surface area contributed by atoms with E-state index in [1.807, 2.05) is 0 Å². The fourth-order valence-electron chi connectivity index (χ4n) is 2.78. The average molecular weight is 370 g/mol. The van der Waals surface area contributed by atoms with Crippen LogP contribution in [0, 0.1) is 10.1 Å². The number of carbonyl (C=O) groups excluding carboxylic acids is 1. The maximum atomic E-state index is 12.8. The van der Waals surface area contributed by atoms with Crippen LogP contribution in [0.2, 0.25) is 0 Å². The second-order valence-corrected chi connectivity index (χ2v) is 7.71. The molecule has 0 radical (unpaired) electrons. The van der Waals surface area contributed by atoms with E-state index in [4.69, 9.17) is 5.73 Å². The third-order valence-corrected chi connectivity index (χ3v) is 5.98. The normalized spacial score (nSPS) is 18.2.